The van der Waals surface area contributed by atoms with Crippen molar-refractivity contribution in [3.05, 3.63) is 71.8 Å². The molecule has 3 atom stereocenters. The van der Waals surface area contributed by atoms with Crippen molar-refractivity contribution in [3.8, 4) is 0 Å². The first-order chi connectivity index (χ1) is 19.2. The molecular weight excluding hydrogens is 512 g/mol. The molecule has 0 radical (unpaired) electrons. The molecule has 1 fully saturated rings. The predicted octanol–water partition coefficient (Wildman–Crippen LogP) is 1.78. The Morgan fingerprint density at radius 3 is 2.05 bits per heavy atom. The van der Waals surface area contributed by atoms with Crippen LogP contribution in [0.1, 0.15) is 44.2 Å². The van der Waals surface area contributed by atoms with Crippen LogP contribution in [0.3, 0.4) is 0 Å². The highest BCUT2D eigenvalue weighted by Gasteiger charge is 2.37. The molecule has 1 aliphatic heterocycles. The third kappa shape index (κ3) is 8.65. The highest BCUT2D eigenvalue weighted by Crippen LogP contribution is 2.14. The number of rotatable bonds is 12. The van der Waals surface area contributed by atoms with Crippen LogP contribution in [-0.4, -0.2) is 82.3 Å². The van der Waals surface area contributed by atoms with E-state index in [9.17, 15) is 29.1 Å². The summed E-state index contributed by atoms with van der Waals surface area (Å²) in [6, 6.07) is 16.0. The van der Waals surface area contributed by atoms with Crippen LogP contribution < -0.4 is 10.6 Å². The van der Waals surface area contributed by atoms with Gasteiger partial charge in [0.2, 0.25) is 23.6 Å². The molecule has 1 aliphatic rings. The SMILES string of the molecule is CC[C@H](NC(=O)C(C)N1CCN(C(=O)CCc2ccccc2)CC(NC(=O)CCc2ccccc2)C1=O)C(=O)O. The lowest BCUT2D eigenvalue weighted by Gasteiger charge is -2.30. The fourth-order valence-corrected chi connectivity index (χ4v) is 4.64. The summed E-state index contributed by atoms with van der Waals surface area (Å²) in [5.74, 6) is -2.76. The molecular formula is C30H38N4O6. The van der Waals surface area contributed by atoms with E-state index in [0.29, 0.717) is 12.8 Å². The van der Waals surface area contributed by atoms with Crippen molar-refractivity contribution in [2.45, 2.75) is 64.1 Å². The normalized spacial score (nSPS) is 16.9. The van der Waals surface area contributed by atoms with Crippen LogP contribution in [0.5, 0.6) is 0 Å². The number of carboxylic acid groups (broad SMARTS) is 1. The lowest BCUT2D eigenvalue weighted by Crippen LogP contribution is -2.56. The van der Waals surface area contributed by atoms with E-state index in [4.69, 9.17) is 0 Å². The summed E-state index contributed by atoms with van der Waals surface area (Å²) in [5, 5.41) is 14.6. The summed E-state index contributed by atoms with van der Waals surface area (Å²) in [4.78, 5) is 66.9. The zero-order valence-corrected chi connectivity index (χ0v) is 23.0. The molecule has 40 heavy (non-hydrogen) atoms. The number of nitrogens with one attached hydrogen (secondary N) is 2. The number of carbonyl (C=O) groups is 5. The first-order valence-corrected chi connectivity index (χ1v) is 13.7. The van der Waals surface area contributed by atoms with Gasteiger partial charge in [-0.2, -0.15) is 0 Å². The second-order valence-corrected chi connectivity index (χ2v) is 9.95. The molecule has 0 aromatic heterocycles. The van der Waals surface area contributed by atoms with Gasteiger partial charge in [-0.25, -0.2) is 4.79 Å². The molecule has 4 amide bonds. The second-order valence-electron chi connectivity index (χ2n) is 9.95. The molecule has 10 heteroatoms. The zero-order valence-electron chi connectivity index (χ0n) is 23.0. The minimum absolute atomic E-state index is 0.0128. The Bertz CT molecular complexity index is 1170. The molecule has 10 nitrogen and oxygen atoms in total. The van der Waals surface area contributed by atoms with Crippen LogP contribution in [0.25, 0.3) is 0 Å². The van der Waals surface area contributed by atoms with Gasteiger partial charge in [0.05, 0.1) is 0 Å². The number of amides is 4. The van der Waals surface area contributed by atoms with Crippen molar-refractivity contribution in [1.29, 1.82) is 0 Å². The topological polar surface area (TPSA) is 136 Å². The summed E-state index contributed by atoms with van der Waals surface area (Å²) >= 11 is 0. The maximum absolute atomic E-state index is 13.6. The fraction of sp³-hybridized carbons (Fsp3) is 0.433. The number of aryl methyl sites for hydroxylation is 2. The van der Waals surface area contributed by atoms with Gasteiger partial charge < -0.3 is 25.5 Å². The number of aliphatic carboxylic acids is 1. The lowest BCUT2D eigenvalue weighted by atomic mass is 10.1. The highest BCUT2D eigenvalue weighted by atomic mass is 16.4. The predicted molar refractivity (Wildman–Crippen MR) is 149 cm³/mol. The molecule has 2 aromatic carbocycles. The van der Waals surface area contributed by atoms with Gasteiger partial charge >= 0.3 is 5.97 Å². The summed E-state index contributed by atoms with van der Waals surface area (Å²) in [6.45, 7) is 3.40. The zero-order chi connectivity index (χ0) is 29.1. The number of nitrogens with zero attached hydrogens (tertiary/aromatic N) is 2. The third-order valence-electron chi connectivity index (χ3n) is 7.11. The fourth-order valence-electron chi connectivity index (χ4n) is 4.64. The van der Waals surface area contributed by atoms with Crippen molar-refractivity contribution in [2.75, 3.05) is 19.6 Å². The largest absolute Gasteiger partial charge is 0.480 e. The highest BCUT2D eigenvalue weighted by molar-refractivity contribution is 5.94. The molecule has 0 saturated carbocycles. The van der Waals surface area contributed by atoms with Crippen LogP contribution in [0, 0.1) is 0 Å². The first-order valence-electron chi connectivity index (χ1n) is 13.7. The van der Waals surface area contributed by atoms with Crippen molar-refractivity contribution < 1.29 is 29.1 Å². The van der Waals surface area contributed by atoms with E-state index in [-0.39, 0.29) is 50.7 Å². The maximum Gasteiger partial charge on any atom is 0.326 e. The Balaban J connectivity index is 1.73. The van der Waals surface area contributed by atoms with Crippen molar-refractivity contribution >= 4 is 29.6 Å². The summed E-state index contributed by atoms with van der Waals surface area (Å²) in [7, 11) is 0. The molecule has 2 aromatic rings. The average molecular weight is 551 g/mol. The van der Waals surface area contributed by atoms with Crippen molar-refractivity contribution in [1.82, 2.24) is 20.4 Å². The molecule has 3 N–H and O–H groups in total. The molecule has 2 unspecified atom stereocenters. The average Bonchev–Trinajstić information content (AvgIpc) is 3.12. The quantitative estimate of drug-likeness (QED) is 0.369. The lowest BCUT2D eigenvalue weighted by molar-refractivity contribution is -0.145. The van der Waals surface area contributed by atoms with E-state index in [1.807, 2.05) is 60.7 Å². The van der Waals surface area contributed by atoms with Gasteiger partial charge in [0.15, 0.2) is 0 Å². The molecule has 1 saturated heterocycles. The second kappa shape index (κ2) is 14.8. The first kappa shape index (κ1) is 30.3. The van der Waals surface area contributed by atoms with Gasteiger partial charge in [-0.15, -0.1) is 0 Å². The number of hydrogen-bond acceptors (Lipinski definition) is 5. The monoisotopic (exact) mass is 550 g/mol. The Labute approximate surface area is 234 Å². The van der Waals surface area contributed by atoms with E-state index in [1.165, 1.54) is 11.8 Å². The van der Waals surface area contributed by atoms with E-state index in [2.05, 4.69) is 10.6 Å². The molecule has 214 valence electrons. The van der Waals surface area contributed by atoms with Gasteiger partial charge in [0, 0.05) is 32.5 Å². The number of carbonyl (C=O) groups excluding carboxylic acids is 4. The number of carboxylic acids is 1. The molecule has 0 aliphatic carbocycles. The van der Waals surface area contributed by atoms with Gasteiger partial charge in [0.1, 0.15) is 18.1 Å². The minimum Gasteiger partial charge on any atom is -0.480 e. The smallest absolute Gasteiger partial charge is 0.326 e. The van der Waals surface area contributed by atoms with E-state index in [1.54, 1.807) is 11.8 Å². The van der Waals surface area contributed by atoms with Gasteiger partial charge in [-0.05, 0) is 37.3 Å². The van der Waals surface area contributed by atoms with E-state index >= 15 is 0 Å². The summed E-state index contributed by atoms with van der Waals surface area (Å²) in [5.41, 5.74) is 2.00. The Morgan fingerprint density at radius 2 is 1.50 bits per heavy atom. The van der Waals surface area contributed by atoms with E-state index < -0.39 is 35.9 Å². The van der Waals surface area contributed by atoms with Gasteiger partial charge in [0.25, 0.3) is 0 Å². The Hall–Kier alpha value is -4.21. The summed E-state index contributed by atoms with van der Waals surface area (Å²) in [6.07, 6.45) is 1.60. The Morgan fingerprint density at radius 1 is 0.925 bits per heavy atom. The molecule has 3 rings (SSSR count). The van der Waals surface area contributed by atoms with Gasteiger partial charge in [-0.3, -0.25) is 19.2 Å². The summed E-state index contributed by atoms with van der Waals surface area (Å²) < 4.78 is 0. The van der Waals surface area contributed by atoms with Gasteiger partial charge in [-0.1, -0.05) is 67.6 Å². The standard InChI is InChI=1S/C30H38N4O6/c1-3-24(30(39)40)32-28(37)21(2)34-19-18-33(27(36)17-15-23-12-8-5-9-13-23)20-25(29(34)38)31-26(35)16-14-22-10-6-4-7-11-22/h4-13,21,24-25H,3,14-20H2,1-2H3,(H,31,35)(H,32,37)(H,39,40)/t21?,24-,25?/m0/s1. The molecule has 1 heterocycles. The Kier molecular flexibility index (Phi) is 11.2. The van der Waals surface area contributed by atoms with Crippen LogP contribution in [-0.2, 0) is 36.8 Å². The van der Waals surface area contributed by atoms with Crippen LogP contribution in [0.2, 0.25) is 0 Å². The van der Waals surface area contributed by atoms with Crippen LogP contribution in [0.4, 0.5) is 0 Å². The maximum atomic E-state index is 13.6. The van der Waals surface area contributed by atoms with E-state index in [0.717, 1.165) is 11.1 Å². The third-order valence-corrected chi connectivity index (χ3v) is 7.11. The van der Waals surface area contributed by atoms with Crippen molar-refractivity contribution in [2.24, 2.45) is 0 Å². The molecule has 0 spiro atoms. The van der Waals surface area contributed by atoms with Crippen molar-refractivity contribution in [3.63, 3.8) is 0 Å². The molecule has 0 bridgehead atoms. The minimum atomic E-state index is -1.16. The number of hydrogen-bond donors (Lipinski definition) is 3. The van der Waals surface area contributed by atoms with Crippen LogP contribution >= 0.6 is 0 Å². The van der Waals surface area contributed by atoms with Crippen LogP contribution in [0.15, 0.2) is 60.7 Å². The number of benzene rings is 2.